The Hall–Kier alpha value is -2.38. The second kappa shape index (κ2) is 5.36. The summed E-state index contributed by atoms with van der Waals surface area (Å²) in [5.41, 5.74) is 0.876. The number of hydrogen-bond acceptors (Lipinski definition) is 4. The van der Waals surface area contributed by atoms with E-state index in [2.05, 4.69) is 9.97 Å². The highest BCUT2D eigenvalue weighted by molar-refractivity contribution is 5.47. The molecule has 8 heteroatoms. The van der Waals surface area contributed by atoms with Crippen LogP contribution in [0.25, 0.3) is 0 Å². The molecule has 0 aromatic carbocycles. The Balaban J connectivity index is 1.90. The van der Waals surface area contributed by atoms with E-state index in [-0.39, 0.29) is 5.56 Å². The highest BCUT2D eigenvalue weighted by atomic mass is 19.4. The number of hydrogen-bond donors (Lipinski definition) is 0. The monoisotopic (exact) mass is 324 g/mol. The van der Waals surface area contributed by atoms with E-state index in [0.29, 0.717) is 36.6 Å². The average molecular weight is 324 g/mol. The summed E-state index contributed by atoms with van der Waals surface area (Å²) in [5.74, 6) is 0.651. The first-order valence-electron chi connectivity index (χ1n) is 7.11. The second-order valence-corrected chi connectivity index (χ2v) is 5.52. The molecule has 5 nitrogen and oxygen atoms in total. The lowest BCUT2D eigenvalue weighted by Crippen LogP contribution is -2.38. The minimum Gasteiger partial charge on any atom is -0.365 e. The van der Waals surface area contributed by atoms with Gasteiger partial charge in [-0.25, -0.2) is 9.97 Å². The fraction of sp³-hybridized carbons (Fsp3) is 0.400. The van der Waals surface area contributed by atoms with Gasteiger partial charge in [-0.05, 0) is 19.1 Å². The molecule has 0 saturated carbocycles. The van der Waals surface area contributed by atoms with E-state index in [9.17, 15) is 18.0 Å². The molecule has 3 rings (SSSR count). The van der Waals surface area contributed by atoms with Gasteiger partial charge < -0.3 is 4.90 Å². The molecule has 1 aliphatic heterocycles. The molecule has 0 spiro atoms. The average Bonchev–Trinajstić information content (AvgIpc) is 2.52. The Kier molecular flexibility index (Phi) is 3.62. The molecule has 2 aromatic rings. The molecule has 23 heavy (non-hydrogen) atoms. The van der Waals surface area contributed by atoms with Crippen LogP contribution >= 0.6 is 0 Å². The van der Waals surface area contributed by atoms with Gasteiger partial charge in [0, 0.05) is 20.0 Å². The van der Waals surface area contributed by atoms with Crippen LogP contribution in [0.4, 0.5) is 18.9 Å². The predicted octanol–water partition coefficient (Wildman–Crippen LogP) is 2.07. The van der Waals surface area contributed by atoms with Crippen molar-refractivity contribution in [2.45, 2.75) is 26.1 Å². The number of nitrogens with zero attached hydrogens (tertiary/aromatic N) is 4. The number of pyridine rings is 1. The number of aryl methyl sites for hydroxylation is 1. The van der Waals surface area contributed by atoms with Crippen LogP contribution in [-0.2, 0) is 26.2 Å². The molecule has 0 aliphatic carbocycles. The highest BCUT2D eigenvalue weighted by Gasteiger charge is 2.32. The van der Waals surface area contributed by atoms with Crippen molar-refractivity contribution in [1.29, 1.82) is 0 Å². The Morgan fingerprint density at radius 2 is 2.00 bits per heavy atom. The largest absolute Gasteiger partial charge is 0.433 e. The van der Waals surface area contributed by atoms with E-state index in [1.165, 1.54) is 16.8 Å². The zero-order valence-corrected chi connectivity index (χ0v) is 12.7. The van der Waals surface area contributed by atoms with Gasteiger partial charge in [-0.15, -0.1) is 0 Å². The van der Waals surface area contributed by atoms with Crippen molar-refractivity contribution in [2.24, 2.45) is 7.05 Å². The Labute approximate surface area is 130 Å². The molecule has 122 valence electrons. The van der Waals surface area contributed by atoms with Crippen molar-refractivity contribution in [2.75, 3.05) is 11.4 Å². The van der Waals surface area contributed by atoms with Gasteiger partial charge in [0.2, 0.25) is 0 Å². The van der Waals surface area contributed by atoms with E-state index in [1.54, 1.807) is 14.0 Å². The molecule has 1 aliphatic rings. The molecule has 0 amide bonds. The first-order valence-corrected chi connectivity index (χ1v) is 7.11. The summed E-state index contributed by atoms with van der Waals surface area (Å²) in [5, 5.41) is 0. The summed E-state index contributed by atoms with van der Waals surface area (Å²) in [6, 6.07) is 2.34. The predicted molar refractivity (Wildman–Crippen MR) is 78.2 cm³/mol. The maximum Gasteiger partial charge on any atom is 0.433 e. The van der Waals surface area contributed by atoms with Crippen LogP contribution in [0.1, 0.15) is 22.8 Å². The van der Waals surface area contributed by atoms with Crippen LogP contribution in [0.2, 0.25) is 0 Å². The first-order chi connectivity index (χ1) is 10.8. The van der Waals surface area contributed by atoms with E-state index in [0.717, 1.165) is 11.8 Å². The number of aromatic nitrogens is 3. The Morgan fingerprint density at radius 1 is 1.26 bits per heavy atom. The van der Waals surface area contributed by atoms with Crippen LogP contribution in [-0.4, -0.2) is 21.1 Å². The number of fused-ring (bicyclic) bond motifs is 1. The third kappa shape index (κ3) is 2.80. The van der Waals surface area contributed by atoms with Crippen molar-refractivity contribution in [3.63, 3.8) is 0 Å². The summed E-state index contributed by atoms with van der Waals surface area (Å²) in [6.07, 6.45) is -2.68. The first kappa shape index (κ1) is 15.5. The van der Waals surface area contributed by atoms with Gasteiger partial charge in [-0.2, -0.15) is 13.2 Å². The van der Waals surface area contributed by atoms with Gasteiger partial charge in [0.1, 0.15) is 11.5 Å². The molecule has 0 unspecified atom stereocenters. The third-order valence-electron chi connectivity index (χ3n) is 4.06. The number of alkyl halides is 3. The molecular formula is C15H15F3N4O. The Morgan fingerprint density at radius 3 is 2.61 bits per heavy atom. The lowest BCUT2D eigenvalue weighted by molar-refractivity contribution is -0.141. The zero-order chi connectivity index (χ0) is 16.8. The van der Waals surface area contributed by atoms with Crippen molar-refractivity contribution in [3.05, 3.63) is 51.5 Å². The van der Waals surface area contributed by atoms with Crippen LogP contribution in [0.15, 0.2) is 23.1 Å². The number of rotatable bonds is 1. The molecule has 0 atom stereocenters. The van der Waals surface area contributed by atoms with Crippen molar-refractivity contribution in [3.8, 4) is 0 Å². The summed E-state index contributed by atoms with van der Waals surface area (Å²) < 4.78 is 39.2. The van der Waals surface area contributed by atoms with Gasteiger partial charge in [-0.1, -0.05) is 0 Å². The normalized spacial score (nSPS) is 14.7. The maximum atomic E-state index is 12.6. The fourth-order valence-electron chi connectivity index (χ4n) is 2.65. The lowest BCUT2D eigenvalue weighted by Gasteiger charge is -2.30. The van der Waals surface area contributed by atoms with E-state index < -0.39 is 11.9 Å². The van der Waals surface area contributed by atoms with Crippen molar-refractivity contribution in [1.82, 2.24) is 14.5 Å². The molecule has 0 N–H and O–H groups in total. The van der Waals surface area contributed by atoms with Crippen LogP contribution < -0.4 is 10.5 Å². The topological polar surface area (TPSA) is 51.0 Å². The van der Waals surface area contributed by atoms with Crippen molar-refractivity contribution >= 4 is 5.69 Å². The van der Waals surface area contributed by atoms with E-state index in [4.69, 9.17) is 0 Å². The van der Waals surface area contributed by atoms with Gasteiger partial charge in [0.25, 0.3) is 5.56 Å². The smallest absolute Gasteiger partial charge is 0.365 e. The molecule has 2 aromatic heterocycles. The second-order valence-electron chi connectivity index (χ2n) is 5.52. The summed E-state index contributed by atoms with van der Waals surface area (Å²) in [6.45, 7) is 2.68. The third-order valence-corrected chi connectivity index (χ3v) is 4.06. The standard InChI is InChI=1S/C15H15F3N4O/c1-9-20-12-5-6-22(8-11(12)14(23)21(9)2)10-3-4-13(19-7-10)15(16,17)18/h3-4,7H,5-6,8H2,1-2H3. The van der Waals surface area contributed by atoms with E-state index in [1.807, 2.05) is 4.90 Å². The lowest BCUT2D eigenvalue weighted by atomic mass is 10.1. The van der Waals surface area contributed by atoms with Crippen LogP contribution in [0.3, 0.4) is 0 Å². The van der Waals surface area contributed by atoms with Gasteiger partial charge in [0.05, 0.1) is 29.7 Å². The van der Waals surface area contributed by atoms with Gasteiger partial charge >= 0.3 is 6.18 Å². The summed E-state index contributed by atoms with van der Waals surface area (Å²) >= 11 is 0. The molecule has 0 radical (unpaired) electrons. The van der Waals surface area contributed by atoms with Gasteiger partial charge in [-0.3, -0.25) is 9.36 Å². The summed E-state index contributed by atoms with van der Waals surface area (Å²) in [4.78, 5) is 22.1. The fourth-order valence-corrected chi connectivity index (χ4v) is 2.65. The van der Waals surface area contributed by atoms with E-state index >= 15 is 0 Å². The number of anilines is 1. The van der Waals surface area contributed by atoms with Gasteiger partial charge in [0.15, 0.2) is 0 Å². The number of halogens is 3. The highest BCUT2D eigenvalue weighted by Crippen LogP contribution is 2.29. The van der Waals surface area contributed by atoms with Crippen LogP contribution in [0.5, 0.6) is 0 Å². The molecule has 0 fully saturated rings. The summed E-state index contributed by atoms with van der Waals surface area (Å²) in [7, 11) is 1.66. The maximum absolute atomic E-state index is 12.6. The quantitative estimate of drug-likeness (QED) is 0.806. The molecule has 3 heterocycles. The van der Waals surface area contributed by atoms with Crippen molar-refractivity contribution < 1.29 is 13.2 Å². The minimum absolute atomic E-state index is 0.114. The Bertz CT molecular complexity index is 796. The minimum atomic E-state index is -4.45. The zero-order valence-electron chi connectivity index (χ0n) is 12.7. The molecule has 0 saturated heterocycles. The molecular weight excluding hydrogens is 309 g/mol. The van der Waals surface area contributed by atoms with Crippen LogP contribution in [0, 0.1) is 6.92 Å². The SMILES string of the molecule is Cc1nc2c(c(=O)n1C)CN(c1ccc(C(F)(F)F)nc1)CC2. The molecule has 0 bridgehead atoms.